The van der Waals surface area contributed by atoms with Gasteiger partial charge in [0, 0.05) is 11.6 Å². The van der Waals surface area contributed by atoms with Crippen LogP contribution in [0.15, 0.2) is 71.6 Å². The van der Waals surface area contributed by atoms with Gasteiger partial charge in [0.05, 0.1) is 4.90 Å². The molecular weight excluding hydrogens is 438 g/mol. The second kappa shape index (κ2) is 9.68. The summed E-state index contributed by atoms with van der Waals surface area (Å²) in [5, 5.41) is 11.9. The summed E-state index contributed by atoms with van der Waals surface area (Å²) in [6.45, 7) is 3.21. The van der Waals surface area contributed by atoms with E-state index in [1.54, 1.807) is 50.2 Å². The zero-order valence-corrected chi connectivity index (χ0v) is 18.8. The first-order chi connectivity index (χ1) is 14.7. The lowest BCUT2D eigenvalue weighted by Gasteiger charge is -2.30. The highest BCUT2D eigenvalue weighted by molar-refractivity contribution is 7.89. The molecule has 3 aromatic rings. The highest BCUT2D eigenvalue weighted by Crippen LogP contribution is 2.26. The fourth-order valence-corrected chi connectivity index (χ4v) is 5.34. The van der Waals surface area contributed by atoms with Gasteiger partial charge in [0.2, 0.25) is 10.0 Å². The Morgan fingerprint density at radius 3 is 2.39 bits per heavy atom. The van der Waals surface area contributed by atoms with Crippen molar-refractivity contribution in [2.45, 2.75) is 24.8 Å². The Kier molecular flexibility index (Phi) is 7.20. The van der Waals surface area contributed by atoms with Crippen LogP contribution in [-0.4, -0.2) is 43.0 Å². The molecule has 31 heavy (non-hydrogen) atoms. The zero-order chi connectivity index (χ0) is 22.6. The molecule has 0 saturated heterocycles. The standard InChI is InChI=1S/C23H24ClNO5S/c1-16(2)22(23(26)27)25(12-13-30-20-9-5-8-19(24)15-20)31(28,29)21-11-10-17-6-3-4-7-18(17)14-21/h3-11,14-16,22H,12-13H2,1-2H3,(H,26,27)/t22-/m1/s1. The van der Waals surface area contributed by atoms with Crippen molar-refractivity contribution in [1.82, 2.24) is 4.31 Å². The fraction of sp³-hybridized carbons (Fsp3) is 0.261. The van der Waals surface area contributed by atoms with Crippen LogP contribution in [0.3, 0.4) is 0 Å². The summed E-state index contributed by atoms with van der Waals surface area (Å²) in [5.74, 6) is -1.17. The highest BCUT2D eigenvalue weighted by Gasteiger charge is 2.38. The molecule has 3 rings (SSSR count). The van der Waals surface area contributed by atoms with Crippen LogP contribution in [0.2, 0.25) is 5.02 Å². The zero-order valence-electron chi connectivity index (χ0n) is 17.2. The third-order valence-electron chi connectivity index (χ3n) is 4.90. The molecule has 1 atom stereocenters. The molecule has 3 aromatic carbocycles. The highest BCUT2D eigenvalue weighted by atomic mass is 35.5. The van der Waals surface area contributed by atoms with Crippen molar-refractivity contribution >= 4 is 38.4 Å². The van der Waals surface area contributed by atoms with Gasteiger partial charge in [-0.25, -0.2) is 8.42 Å². The number of carboxylic acids is 1. The largest absolute Gasteiger partial charge is 0.492 e. The molecule has 8 heteroatoms. The number of carbonyl (C=O) groups is 1. The minimum atomic E-state index is -4.10. The summed E-state index contributed by atoms with van der Waals surface area (Å²) in [6, 6.07) is 17.7. The summed E-state index contributed by atoms with van der Waals surface area (Å²) in [7, 11) is -4.10. The van der Waals surface area contributed by atoms with Crippen molar-refractivity contribution < 1.29 is 23.1 Å². The Labute approximate surface area is 187 Å². The lowest BCUT2D eigenvalue weighted by molar-refractivity contribution is -0.143. The quantitative estimate of drug-likeness (QED) is 0.500. The van der Waals surface area contributed by atoms with E-state index in [9.17, 15) is 18.3 Å². The molecule has 0 fully saturated rings. The molecule has 6 nitrogen and oxygen atoms in total. The Morgan fingerprint density at radius 2 is 1.74 bits per heavy atom. The molecule has 0 aliphatic rings. The number of hydrogen-bond acceptors (Lipinski definition) is 4. The molecule has 0 heterocycles. The second-order valence-corrected chi connectivity index (χ2v) is 9.78. The van der Waals surface area contributed by atoms with Gasteiger partial charge >= 0.3 is 5.97 Å². The maximum Gasteiger partial charge on any atom is 0.322 e. The van der Waals surface area contributed by atoms with Crippen LogP contribution in [0.25, 0.3) is 10.8 Å². The maximum atomic E-state index is 13.5. The van der Waals surface area contributed by atoms with E-state index in [0.717, 1.165) is 15.1 Å². The van der Waals surface area contributed by atoms with E-state index in [4.69, 9.17) is 16.3 Å². The first kappa shape index (κ1) is 23.1. The monoisotopic (exact) mass is 461 g/mol. The van der Waals surface area contributed by atoms with Crippen LogP contribution in [0.1, 0.15) is 13.8 Å². The van der Waals surface area contributed by atoms with Gasteiger partial charge in [0.1, 0.15) is 18.4 Å². The number of fused-ring (bicyclic) bond motifs is 1. The summed E-state index contributed by atoms with van der Waals surface area (Å²) in [5.41, 5.74) is 0. The van der Waals surface area contributed by atoms with Crippen LogP contribution in [0, 0.1) is 5.92 Å². The minimum absolute atomic E-state index is 0.0242. The molecule has 0 spiro atoms. The van der Waals surface area contributed by atoms with E-state index in [-0.39, 0.29) is 18.0 Å². The van der Waals surface area contributed by atoms with Gasteiger partial charge < -0.3 is 9.84 Å². The van der Waals surface area contributed by atoms with Gasteiger partial charge in [-0.05, 0) is 47.0 Å². The first-order valence-electron chi connectivity index (χ1n) is 9.82. The molecule has 0 unspecified atom stereocenters. The Bertz CT molecular complexity index is 1180. The number of hydrogen-bond donors (Lipinski definition) is 1. The number of rotatable bonds is 9. The molecule has 0 aliphatic carbocycles. The average molecular weight is 462 g/mol. The van der Waals surface area contributed by atoms with Gasteiger partial charge in [-0.1, -0.05) is 61.8 Å². The lowest BCUT2D eigenvalue weighted by Crippen LogP contribution is -2.49. The number of nitrogens with zero attached hydrogens (tertiary/aromatic N) is 1. The smallest absolute Gasteiger partial charge is 0.322 e. The molecule has 164 valence electrons. The van der Waals surface area contributed by atoms with Crippen molar-refractivity contribution in [1.29, 1.82) is 0 Å². The number of halogens is 1. The summed E-state index contributed by atoms with van der Waals surface area (Å²) in [6.07, 6.45) is 0. The van der Waals surface area contributed by atoms with Crippen molar-refractivity contribution in [3.63, 3.8) is 0 Å². The maximum absolute atomic E-state index is 13.5. The first-order valence-corrected chi connectivity index (χ1v) is 11.6. The third kappa shape index (κ3) is 5.36. The number of aliphatic carboxylic acids is 1. The van der Waals surface area contributed by atoms with E-state index < -0.39 is 28.0 Å². The molecule has 0 amide bonds. The van der Waals surface area contributed by atoms with Crippen molar-refractivity contribution in [3.05, 3.63) is 71.8 Å². The van der Waals surface area contributed by atoms with Crippen LogP contribution in [0.4, 0.5) is 0 Å². The van der Waals surface area contributed by atoms with E-state index in [0.29, 0.717) is 10.8 Å². The normalized spacial score (nSPS) is 12.9. The lowest BCUT2D eigenvalue weighted by atomic mass is 10.1. The average Bonchev–Trinajstić information content (AvgIpc) is 2.72. The topological polar surface area (TPSA) is 83.9 Å². The third-order valence-corrected chi connectivity index (χ3v) is 7.01. The minimum Gasteiger partial charge on any atom is -0.492 e. The molecule has 0 bridgehead atoms. The van der Waals surface area contributed by atoms with Gasteiger partial charge in [0.25, 0.3) is 0 Å². The molecule has 0 aliphatic heterocycles. The Morgan fingerprint density at radius 1 is 1.03 bits per heavy atom. The van der Waals surface area contributed by atoms with Gasteiger partial charge in [-0.3, -0.25) is 4.79 Å². The molecular formula is C23H24ClNO5S. The Balaban J connectivity index is 1.94. The van der Waals surface area contributed by atoms with Crippen LogP contribution >= 0.6 is 11.6 Å². The number of benzene rings is 3. The van der Waals surface area contributed by atoms with E-state index in [1.807, 2.05) is 24.3 Å². The fourth-order valence-electron chi connectivity index (χ4n) is 3.42. The van der Waals surface area contributed by atoms with Crippen LogP contribution < -0.4 is 4.74 Å². The van der Waals surface area contributed by atoms with Crippen LogP contribution in [0.5, 0.6) is 5.75 Å². The second-order valence-electron chi connectivity index (χ2n) is 7.46. The number of ether oxygens (including phenoxy) is 1. The van der Waals surface area contributed by atoms with Crippen molar-refractivity contribution in [2.75, 3.05) is 13.2 Å². The van der Waals surface area contributed by atoms with Crippen LogP contribution in [-0.2, 0) is 14.8 Å². The van der Waals surface area contributed by atoms with Gasteiger partial charge in [-0.15, -0.1) is 0 Å². The van der Waals surface area contributed by atoms with Crippen molar-refractivity contribution in [2.24, 2.45) is 5.92 Å². The molecule has 0 radical (unpaired) electrons. The summed E-state index contributed by atoms with van der Waals surface area (Å²) < 4.78 is 33.7. The molecule has 1 N–H and O–H groups in total. The Hall–Kier alpha value is -2.61. The van der Waals surface area contributed by atoms with E-state index in [1.165, 1.54) is 6.07 Å². The summed E-state index contributed by atoms with van der Waals surface area (Å²) in [4.78, 5) is 12.0. The van der Waals surface area contributed by atoms with E-state index in [2.05, 4.69) is 0 Å². The van der Waals surface area contributed by atoms with Gasteiger partial charge in [-0.2, -0.15) is 4.31 Å². The molecule has 0 saturated carbocycles. The SMILES string of the molecule is CC(C)[C@H](C(=O)O)N(CCOc1cccc(Cl)c1)S(=O)(=O)c1ccc2ccccc2c1. The summed E-state index contributed by atoms with van der Waals surface area (Å²) >= 11 is 5.96. The van der Waals surface area contributed by atoms with Gasteiger partial charge in [0.15, 0.2) is 0 Å². The van der Waals surface area contributed by atoms with Crippen molar-refractivity contribution in [3.8, 4) is 5.75 Å². The molecule has 0 aromatic heterocycles. The predicted octanol–water partition coefficient (Wildman–Crippen LogP) is 4.67. The number of sulfonamides is 1. The van der Waals surface area contributed by atoms with E-state index >= 15 is 0 Å². The number of carboxylic acid groups (broad SMARTS) is 1. The predicted molar refractivity (Wildman–Crippen MR) is 121 cm³/mol.